The summed E-state index contributed by atoms with van der Waals surface area (Å²) in [5.41, 5.74) is 2.41. The van der Waals surface area contributed by atoms with E-state index in [-0.39, 0.29) is 16.8 Å². The minimum absolute atomic E-state index is 0.147. The molecule has 132 valence electrons. The zero-order valence-corrected chi connectivity index (χ0v) is 15.5. The molecule has 1 heterocycles. The number of methoxy groups -OCH3 is 1. The summed E-state index contributed by atoms with van der Waals surface area (Å²) in [6, 6.07) is 8.42. The molecule has 2 aromatic rings. The minimum atomic E-state index is -3.76. The number of thiophene rings is 1. The molecule has 0 aliphatic heterocycles. The second-order valence-electron chi connectivity index (χ2n) is 5.85. The quantitative estimate of drug-likeness (QED) is 0.654. The maximum Gasteiger partial charge on any atom is 0.309 e. The van der Waals surface area contributed by atoms with Gasteiger partial charge in [-0.1, -0.05) is 17.7 Å². The number of carbonyl (C=O) groups is 1. The summed E-state index contributed by atoms with van der Waals surface area (Å²) >= 11 is 1.53. The van der Waals surface area contributed by atoms with Gasteiger partial charge in [-0.25, -0.2) is 0 Å². The molecule has 0 fully saturated rings. The van der Waals surface area contributed by atoms with Crippen molar-refractivity contribution in [2.24, 2.45) is 11.0 Å². The number of esters is 1. The summed E-state index contributed by atoms with van der Waals surface area (Å²) in [5, 5.41) is 6.02. The number of benzene rings is 1. The highest BCUT2D eigenvalue weighted by Gasteiger charge is 2.30. The molecule has 1 aliphatic carbocycles. The van der Waals surface area contributed by atoms with E-state index in [0.29, 0.717) is 18.6 Å². The maximum absolute atomic E-state index is 12.4. The highest BCUT2D eigenvalue weighted by Crippen LogP contribution is 2.30. The first-order valence-electron chi connectivity index (χ1n) is 7.70. The molecule has 25 heavy (non-hydrogen) atoms. The summed E-state index contributed by atoms with van der Waals surface area (Å²) in [6.45, 7) is 1.89. The molecule has 6 nitrogen and oxygen atoms in total. The highest BCUT2D eigenvalue weighted by atomic mass is 32.2. The van der Waals surface area contributed by atoms with Gasteiger partial charge < -0.3 is 4.74 Å². The molecule has 8 heteroatoms. The fourth-order valence-electron chi connectivity index (χ4n) is 2.72. The number of ether oxygens (including phenoxy) is 1. The molecule has 0 saturated carbocycles. The van der Waals surface area contributed by atoms with Crippen molar-refractivity contribution in [1.29, 1.82) is 0 Å². The summed E-state index contributed by atoms with van der Waals surface area (Å²) in [4.78, 5) is 15.3. The SMILES string of the molecule is COC(=O)C1C/C(=N\NS(=O)(=O)c2ccc(C)cc2)c2ccsc2C1. The average Bonchev–Trinajstić information content (AvgIpc) is 3.08. The van der Waals surface area contributed by atoms with Crippen LogP contribution in [0, 0.1) is 12.8 Å². The number of carbonyl (C=O) groups excluding carboxylic acids is 1. The lowest BCUT2D eigenvalue weighted by atomic mass is 9.87. The van der Waals surface area contributed by atoms with Gasteiger partial charge in [-0.05, 0) is 36.9 Å². The lowest BCUT2D eigenvalue weighted by Gasteiger charge is -2.21. The zero-order chi connectivity index (χ0) is 18.0. The van der Waals surface area contributed by atoms with Crippen LogP contribution in [0.4, 0.5) is 0 Å². The summed E-state index contributed by atoms with van der Waals surface area (Å²) in [6.07, 6.45) is 0.927. The number of aryl methyl sites for hydroxylation is 1. The Bertz CT molecular complexity index is 914. The van der Waals surface area contributed by atoms with Crippen molar-refractivity contribution in [3.8, 4) is 0 Å². The molecular formula is C17H18N2O4S2. The first-order valence-corrected chi connectivity index (χ1v) is 10.1. The predicted molar refractivity (Wildman–Crippen MR) is 96.2 cm³/mol. The van der Waals surface area contributed by atoms with E-state index in [1.165, 1.54) is 30.6 Å². The molecule has 1 atom stereocenters. The number of nitrogens with zero attached hydrogens (tertiary/aromatic N) is 1. The van der Waals surface area contributed by atoms with E-state index < -0.39 is 10.0 Å². The number of hydrazone groups is 1. The lowest BCUT2D eigenvalue weighted by molar-refractivity contribution is -0.145. The van der Waals surface area contributed by atoms with Crippen LogP contribution in [0.1, 0.15) is 22.4 Å². The second kappa shape index (κ2) is 6.97. The summed E-state index contributed by atoms with van der Waals surface area (Å²) in [5.74, 6) is -0.660. The molecule has 3 rings (SSSR count). The monoisotopic (exact) mass is 378 g/mol. The number of hydrogen-bond donors (Lipinski definition) is 1. The number of sulfonamides is 1. The van der Waals surface area contributed by atoms with Crippen molar-refractivity contribution in [3.63, 3.8) is 0 Å². The standard InChI is InChI=1S/C17H18N2O4S2/c1-11-3-5-13(6-4-11)25(21,22)19-18-15-9-12(17(20)23-2)10-16-14(15)7-8-24-16/h3-8,12,19H,9-10H2,1-2H3/b18-15+. The lowest BCUT2D eigenvalue weighted by Crippen LogP contribution is -2.29. The van der Waals surface area contributed by atoms with Crippen LogP contribution in [-0.4, -0.2) is 27.2 Å². The molecule has 0 bridgehead atoms. The van der Waals surface area contributed by atoms with E-state index >= 15 is 0 Å². The van der Waals surface area contributed by atoms with Gasteiger partial charge in [0.15, 0.2) is 0 Å². The van der Waals surface area contributed by atoms with Crippen LogP contribution in [0.5, 0.6) is 0 Å². The molecule has 0 spiro atoms. The fraction of sp³-hybridized carbons (Fsp3) is 0.294. The van der Waals surface area contributed by atoms with Crippen LogP contribution in [0.25, 0.3) is 0 Å². The molecule has 1 aromatic heterocycles. The molecule has 0 radical (unpaired) electrons. The van der Waals surface area contributed by atoms with Gasteiger partial charge in [-0.15, -0.1) is 11.3 Å². The van der Waals surface area contributed by atoms with Gasteiger partial charge in [0.2, 0.25) is 0 Å². The van der Waals surface area contributed by atoms with Crippen molar-refractivity contribution in [3.05, 3.63) is 51.7 Å². The van der Waals surface area contributed by atoms with E-state index in [9.17, 15) is 13.2 Å². The van der Waals surface area contributed by atoms with Crippen molar-refractivity contribution in [1.82, 2.24) is 4.83 Å². The Labute approximate surface area is 150 Å². The Balaban J connectivity index is 1.87. The first-order chi connectivity index (χ1) is 11.9. The van der Waals surface area contributed by atoms with Gasteiger partial charge in [0.05, 0.1) is 23.6 Å². The molecule has 1 aliphatic rings. The van der Waals surface area contributed by atoms with Crippen molar-refractivity contribution in [2.75, 3.05) is 7.11 Å². The first kappa shape index (κ1) is 17.6. The van der Waals surface area contributed by atoms with Crippen LogP contribution in [0.15, 0.2) is 45.7 Å². The normalized spacial score (nSPS) is 18.6. The summed E-state index contributed by atoms with van der Waals surface area (Å²) < 4.78 is 29.6. The highest BCUT2D eigenvalue weighted by molar-refractivity contribution is 7.89. The Morgan fingerprint density at radius 2 is 1.96 bits per heavy atom. The topological polar surface area (TPSA) is 84.8 Å². The Kier molecular flexibility index (Phi) is 4.91. The molecule has 1 unspecified atom stereocenters. The maximum atomic E-state index is 12.4. The van der Waals surface area contributed by atoms with E-state index in [1.54, 1.807) is 12.1 Å². The molecular weight excluding hydrogens is 360 g/mol. The van der Waals surface area contributed by atoms with E-state index in [1.807, 2.05) is 18.4 Å². The Morgan fingerprint density at radius 1 is 1.24 bits per heavy atom. The van der Waals surface area contributed by atoms with Crippen molar-refractivity contribution in [2.45, 2.75) is 24.7 Å². The van der Waals surface area contributed by atoms with E-state index in [4.69, 9.17) is 4.74 Å². The predicted octanol–water partition coefficient (Wildman–Crippen LogP) is 2.47. The molecule has 1 N–H and O–H groups in total. The minimum Gasteiger partial charge on any atom is -0.469 e. The van der Waals surface area contributed by atoms with Gasteiger partial charge in [0.25, 0.3) is 10.0 Å². The van der Waals surface area contributed by atoms with E-state index in [2.05, 4.69) is 9.93 Å². The molecule has 0 saturated heterocycles. The number of nitrogens with one attached hydrogen (secondary N) is 1. The van der Waals surface area contributed by atoms with Crippen LogP contribution >= 0.6 is 11.3 Å². The van der Waals surface area contributed by atoms with E-state index in [0.717, 1.165) is 16.0 Å². The van der Waals surface area contributed by atoms with Gasteiger partial charge in [-0.2, -0.15) is 18.4 Å². The Morgan fingerprint density at radius 3 is 2.64 bits per heavy atom. The van der Waals surface area contributed by atoms with Crippen LogP contribution in [-0.2, 0) is 26.0 Å². The third kappa shape index (κ3) is 3.74. The third-order valence-electron chi connectivity index (χ3n) is 4.09. The number of hydrogen-bond acceptors (Lipinski definition) is 6. The molecule has 1 aromatic carbocycles. The van der Waals surface area contributed by atoms with Gasteiger partial charge in [0.1, 0.15) is 0 Å². The van der Waals surface area contributed by atoms with Crippen molar-refractivity contribution >= 4 is 33.0 Å². The van der Waals surface area contributed by atoms with Gasteiger partial charge >= 0.3 is 5.97 Å². The smallest absolute Gasteiger partial charge is 0.309 e. The number of fused-ring (bicyclic) bond motifs is 1. The van der Waals surface area contributed by atoms with Gasteiger partial charge in [0, 0.05) is 16.9 Å². The van der Waals surface area contributed by atoms with Crippen LogP contribution in [0.3, 0.4) is 0 Å². The fourth-order valence-corrected chi connectivity index (χ4v) is 4.53. The molecule has 0 amide bonds. The zero-order valence-electron chi connectivity index (χ0n) is 13.9. The largest absolute Gasteiger partial charge is 0.469 e. The second-order valence-corrected chi connectivity index (χ2v) is 8.51. The van der Waals surface area contributed by atoms with Crippen LogP contribution < -0.4 is 4.83 Å². The van der Waals surface area contributed by atoms with Crippen LogP contribution in [0.2, 0.25) is 0 Å². The third-order valence-corrected chi connectivity index (χ3v) is 6.26. The van der Waals surface area contributed by atoms with Crippen molar-refractivity contribution < 1.29 is 17.9 Å². The van der Waals surface area contributed by atoms with Gasteiger partial charge in [-0.3, -0.25) is 4.79 Å². The summed E-state index contributed by atoms with van der Waals surface area (Å²) in [7, 11) is -2.41. The number of rotatable bonds is 4. The average molecular weight is 378 g/mol. The Hall–Kier alpha value is -2.19.